The summed E-state index contributed by atoms with van der Waals surface area (Å²) in [4.78, 5) is 21.5. The van der Waals surface area contributed by atoms with Gasteiger partial charge in [-0.1, -0.05) is 12.1 Å². The minimum absolute atomic E-state index is 0.293. The van der Waals surface area contributed by atoms with E-state index in [9.17, 15) is 4.79 Å². The highest BCUT2D eigenvalue weighted by Gasteiger charge is 2.29. The van der Waals surface area contributed by atoms with Crippen molar-refractivity contribution in [2.24, 2.45) is 5.92 Å². The first-order valence-corrected chi connectivity index (χ1v) is 5.93. The number of carboxylic acid groups (broad SMARTS) is 1. The fourth-order valence-electron chi connectivity index (χ4n) is 2.40. The van der Waals surface area contributed by atoms with E-state index in [-0.39, 0.29) is 5.92 Å². The van der Waals surface area contributed by atoms with Crippen LogP contribution in [0.2, 0.25) is 0 Å². The maximum Gasteiger partial charge on any atom is 0.308 e. The van der Waals surface area contributed by atoms with Crippen LogP contribution in [-0.4, -0.2) is 34.1 Å². The van der Waals surface area contributed by atoms with E-state index in [4.69, 9.17) is 5.11 Å². The summed E-state index contributed by atoms with van der Waals surface area (Å²) in [6.45, 7) is 1.26. The first-order chi connectivity index (χ1) is 8.75. The third-order valence-corrected chi connectivity index (χ3v) is 3.36. The molecule has 2 aromatic rings. The number of aromatic nitrogens is 2. The largest absolute Gasteiger partial charge is 0.481 e. The highest BCUT2D eigenvalue weighted by Crippen LogP contribution is 2.27. The van der Waals surface area contributed by atoms with Gasteiger partial charge in [0.25, 0.3) is 0 Å². The Morgan fingerprint density at radius 3 is 2.94 bits per heavy atom. The molecule has 5 nitrogen and oxygen atoms in total. The van der Waals surface area contributed by atoms with Gasteiger partial charge in [0.2, 0.25) is 0 Å². The molecular formula is C13H13N3O2. The molecule has 92 valence electrons. The summed E-state index contributed by atoms with van der Waals surface area (Å²) in [6, 6.07) is 7.78. The van der Waals surface area contributed by atoms with Crippen molar-refractivity contribution in [3.05, 3.63) is 30.6 Å². The Kier molecular flexibility index (Phi) is 2.59. The fraction of sp³-hybridized carbons (Fsp3) is 0.308. The van der Waals surface area contributed by atoms with Gasteiger partial charge >= 0.3 is 5.97 Å². The number of carboxylic acids is 1. The first-order valence-electron chi connectivity index (χ1n) is 5.93. The summed E-state index contributed by atoms with van der Waals surface area (Å²) in [5, 5.41) is 10.0. The van der Waals surface area contributed by atoms with Gasteiger partial charge in [0, 0.05) is 18.5 Å². The second kappa shape index (κ2) is 4.25. The monoisotopic (exact) mass is 243 g/mol. The molecular weight excluding hydrogens is 230 g/mol. The number of para-hydroxylation sites is 1. The van der Waals surface area contributed by atoms with Crippen molar-refractivity contribution in [2.75, 3.05) is 18.0 Å². The van der Waals surface area contributed by atoms with Crippen molar-refractivity contribution >= 4 is 22.7 Å². The van der Waals surface area contributed by atoms with Gasteiger partial charge in [0.15, 0.2) is 0 Å². The van der Waals surface area contributed by atoms with Gasteiger partial charge in [-0.3, -0.25) is 4.79 Å². The minimum atomic E-state index is -0.726. The van der Waals surface area contributed by atoms with Gasteiger partial charge in [-0.05, 0) is 18.6 Å². The van der Waals surface area contributed by atoms with Crippen molar-refractivity contribution in [1.29, 1.82) is 0 Å². The molecule has 5 heteroatoms. The molecule has 2 heterocycles. The van der Waals surface area contributed by atoms with Crippen LogP contribution < -0.4 is 4.90 Å². The average molecular weight is 243 g/mol. The molecule has 18 heavy (non-hydrogen) atoms. The van der Waals surface area contributed by atoms with Crippen LogP contribution in [-0.2, 0) is 4.79 Å². The molecule has 1 fully saturated rings. The molecule has 3 rings (SSSR count). The molecule has 1 saturated heterocycles. The Labute approximate surface area is 104 Å². The fourth-order valence-corrected chi connectivity index (χ4v) is 2.40. The predicted molar refractivity (Wildman–Crippen MR) is 67.5 cm³/mol. The number of hydrogen-bond acceptors (Lipinski definition) is 4. The van der Waals surface area contributed by atoms with E-state index < -0.39 is 5.97 Å². The lowest BCUT2D eigenvalue weighted by Gasteiger charge is -2.18. The number of anilines is 1. The summed E-state index contributed by atoms with van der Waals surface area (Å²) in [5.74, 6) is -0.182. The van der Waals surface area contributed by atoms with Gasteiger partial charge in [-0.15, -0.1) is 0 Å². The van der Waals surface area contributed by atoms with Crippen LogP contribution in [0, 0.1) is 5.92 Å². The summed E-state index contributed by atoms with van der Waals surface area (Å²) < 4.78 is 0. The highest BCUT2D eigenvalue weighted by atomic mass is 16.4. The van der Waals surface area contributed by atoms with Crippen LogP contribution >= 0.6 is 0 Å². The number of hydrogen-bond donors (Lipinski definition) is 1. The number of fused-ring (bicyclic) bond motifs is 1. The summed E-state index contributed by atoms with van der Waals surface area (Å²) in [6.07, 6.45) is 2.21. The third kappa shape index (κ3) is 1.77. The minimum Gasteiger partial charge on any atom is -0.481 e. The number of rotatable bonds is 2. The molecule has 1 unspecified atom stereocenters. The van der Waals surface area contributed by atoms with Gasteiger partial charge in [0.05, 0.1) is 11.4 Å². The number of nitrogens with zero attached hydrogens (tertiary/aromatic N) is 3. The topological polar surface area (TPSA) is 66.3 Å². The second-order valence-corrected chi connectivity index (χ2v) is 4.48. The van der Waals surface area contributed by atoms with Crippen LogP contribution in [0.15, 0.2) is 30.6 Å². The normalized spacial score (nSPS) is 19.3. The maximum absolute atomic E-state index is 11.0. The van der Waals surface area contributed by atoms with E-state index in [2.05, 4.69) is 9.97 Å². The lowest BCUT2D eigenvalue weighted by molar-refractivity contribution is -0.140. The molecule has 1 aromatic heterocycles. The quantitative estimate of drug-likeness (QED) is 0.866. The van der Waals surface area contributed by atoms with Crippen molar-refractivity contribution in [3.63, 3.8) is 0 Å². The molecule has 0 spiro atoms. The van der Waals surface area contributed by atoms with E-state index in [0.717, 1.165) is 23.3 Å². The van der Waals surface area contributed by atoms with Crippen molar-refractivity contribution in [2.45, 2.75) is 6.42 Å². The Morgan fingerprint density at radius 2 is 2.17 bits per heavy atom. The van der Waals surface area contributed by atoms with Gasteiger partial charge in [-0.2, -0.15) is 0 Å². The average Bonchev–Trinajstić information content (AvgIpc) is 2.87. The first kappa shape index (κ1) is 11.0. The second-order valence-electron chi connectivity index (χ2n) is 4.48. The van der Waals surface area contributed by atoms with E-state index in [0.29, 0.717) is 13.0 Å². The number of carbonyl (C=O) groups is 1. The molecule has 1 N–H and O–H groups in total. The third-order valence-electron chi connectivity index (χ3n) is 3.36. The molecule has 0 saturated carbocycles. The number of benzene rings is 1. The molecule has 0 bridgehead atoms. The predicted octanol–water partition coefficient (Wildman–Crippen LogP) is 1.54. The summed E-state index contributed by atoms with van der Waals surface area (Å²) in [5.41, 5.74) is 0.890. The Hall–Kier alpha value is -2.17. The van der Waals surface area contributed by atoms with Crippen LogP contribution in [0.1, 0.15) is 6.42 Å². The van der Waals surface area contributed by atoms with Gasteiger partial charge < -0.3 is 10.0 Å². The van der Waals surface area contributed by atoms with Crippen LogP contribution in [0.25, 0.3) is 10.9 Å². The van der Waals surface area contributed by atoms with Crippen LogP contribution in [0.5, 0.6) is 0 Å². The van der Waals surface area contributed by atoms with Crippen molar-refractivity contribution < 1.29 is 9.90 Å². The van der Waals surface area contributed by atoms with Crippen LogP contribution in [0.4, 0.5) is 5.82 Å². The molecule has 0 aliphatic carbocycles. The standard InChI is InChI=1S/C13H13N3O2/c17-13(18)9-5-6-16(7-9)12-10-3-1-2-4-11(10)14-8-15-12/h1-4,8-9H,5-7H2,(H,17,18). The van der Waals surface area contributed by atoms with Crippen molar-refractivity contribution in [1.82, 2.24) is 9.97 Å². The molecule has 1 aliphatic rings. The maximum atomic E-state index is 11.0. The lowest BCUT2D eigenvalue weighted by Crippen LogP contribution is -2.23. The smallest absolute Gasteiger partial charge is 0.308 e. The Bertz CT molecular complexity index is 594. The van der Waals surface area contributed by atoms with E-state index in [1.54, 1.807) is 0 Å². The summed E-state index contributed by atoms with van der Waals surface area (Å²) in [7, 11) is 0. The van der Waals surface area contributed by atoms with Crippen molar-refractivity contribution in [3.8, 4) is 0 Å². The molecule has 0 amide bonds. The number of aliphatic carboxylic acids is 1. The van der Waals surface area contributed by atoms with E-state index in [1.807, 2.05) is 29.2 Å². The summed E-state index contributed by atoms with van der Waals surface area (Å²) >= 11 is 0. The van der Waals surface area contributed by atoms with Crippen LogP contribution in [0.3, 0.4) is 0 Å². The SMILES string of the molecule is O=C(O)C1CCN(c2ncnc3ccccc23)C1. The molecule has 1 aromatic carbocycles. The lowest BCUT2D eigenvalue weighted by atomic mass is 10.1. The zero-order chi connectivity index (χ0) is 12.5. The highest BCUT2D eigenvalue weighted by molar-refractivity contribution is 5.89. The van der Waals surface area contributed by atoms with Gasteiger partial charge in [-0.25, -0.2) is 9.97 Å². The van der Waals surface area contributed by atoms with Gasteiger partial charge in [0.1, 0.15) is 12.1 Å². The zero-order valence-electron chi connectivity index (χ0n) is 9.78. The zero-order valence-corrected chi connectivity index (χ0v) is 9.78. The Balaban J connectivity index is 1.98. The molecule has 1 atom stereocenters. The Morgan fingerprint density at radius 1 is 1.33 bits per heavy atom. The van der Waals surface area contributed by atoms with E-state index in [1.165, 1.54) is 6.33 Å². The van der Waals surface area contributed by atoms with E-state index >= 15 is 0 Å². The molecule has 0 radical (unpaired) electrons. The molecule has 1 aliphatic heterocycles.